The maximum atomic E-state index is 5.95. The fourth-order valence-corrected chi connectivity index (χ4v) is 4.10. The second kappa shape index (κ2) is 4.67. The number of halogens is 1. The highest BCUT2D eigenvalue weighted by atomic mass is 127. The van der Waals surface area contributed by atoms with Crippen LogP contribution >= 0.6 is 22.6 Å². The first-order valence-electron chi connectivity index (χ1n) is 6.73. The lowest BCUT2D eigenvalue weighted by molar-refractivity contribution is -0.177. The van der Waals surface area contributed by atoms with E-state index in [1.807, 2.05) is 0 Å². The van der Waals surface area contributed by atoms with Gasteiger partial charge in [-0.3, -0.25) is 0 Å². The van der Waals surface area contributed by atoms with Gasteiger partial charge in [-0.05, 0) is 47.6 Å². The van der Waals surface area contributed by atoms with Crippen LogP contribution in [-0.2, 0) is 4.74 Å². The molecule has 1 aromatic carbocycles. The Kier molecular flexibility index (Phi) is 3.30. The summed E-state index contributed by atoms with van der Waals surface area (Å²) in [5.41, 5.74) is 1.50. The highest BCUT2D eigenvalue weighted by Gasteiger charge is 2.57. The van der Waals surface area contributed by atoms with E-state index in [0.717, 1.165) is 6.61 Å². The monoisotopic (exact) mass is 357 g/mol. The first kappa shape index (κ1) is 12.7. The molecule has 1 saturated carbocycles. The maximum absolute atomic E-state index is 5.95. The SMILES string of the molecule is CC1(C)C(Nc2ccccc2I)C2CCCOC21. The van der Waals surface area contributed by atoms with Crippen molar-refractivity contribution in [3.8, 4) is 0 Å². The van der Waals surface area contributed by atoms with Crippen LogP contribution in [0.4, 0.5) is 5.69 Å². The zero-order valence-corrected chi connectivity index (χ0v) is 13.1. The van der Waals surface area contributed by atoms with Crippen LogP contribution in [0.5, 0.6) is 0 Å². The van der Waals surface area contributed by atoms with Crippen LogP contribution in [-0.4, -0.2) is 18.8 Å². The van der Waals surface area contributed by atoms with Crippen LogP contribution in [0.1, 0.15) is 26.7 Å². The van der Waals surface area contributed by atoms with E-state index in [-0.39, 0.29) is 5.41 Å². The molecule has 0 amide bonds. The molecule has 2 nitrogen and oxygen atoms in total. The van der Waals surface area contributed by atoms with Crippen LogP contribution in [0.15, 0.2) is 24.3 Å². The van der Waals surface area contributed by atoms with Crippen molar-refractivity contribution in [2.24, 2.45) is 11.3 Å². The second-order valence-electron chi connectivity index (χ2n) is 6.02. The van der Waals surface area contributed by atoms with E-state index < -0.39 is 0 Å². The third kappa shape index (κ3) is 1.95. The molecule has 3 unspecified atom stereocenters. The molecule has 0 radical (unpaired) electrons. The van der Waals surface area contributed by atoms with Crippen molar-refractivity contribution in [1.82, 2.24) is 0 Å². The molecular weight excluding hydrogens is 337 g/mol. The van der Waals surface area contributed by atoms with Gasteiger partial charge in [0.15, 0.2) is 0 Å². The number of rotatable bonds is 2. The number of para-hydroxylation sites is 1. The largest absolute Gasteiger partial charge is 0.380 e. The first-order valence-corrected chi connectivity index (χ1v) is 7.81. The molecule has 2 fully saturated rings. The van der Waals surface area contributed by atoms with Gasteiger partial charge in [0.1, 0.15) is 0 Å². The van der Waals surface area contributed by atoms with Crippen molar-refractivity contribution in [3.63, 3.8) is 0 Å². The van der Waals surface area contributed by atoms with Gasteiger partial charge in [0.05, 0.1) is 6.10 Å². The zero-order valence-electron chi connectivity index (χ0n) is 10.9. The minimum absolute atomic E-state index is 0.240. The smallest absolute Gasteiger partial charge is 0.0693 e. The zero-order chi connectivity index (χ0) is 12.8. The standard InChI is InChI=1S/C15H20INO/c1-15(2)13(10-6-5-9-18-14(10)15)17-12-8-4-3-7-11(12)16/h3-4,7-8,10,13-14,17H,5-6,9H2,1-2H3. The lowest BCUT2D eigenvalue weighted by Crippen LogP contribution is -2.67. The topological polar surface area (TPSA) is 21.3 Å². The van der Waals surface area contributed by atoms with E-state index in [1.54, 1.807) is 0 Å². The Morgan fingerprint density at radius 3 is 2.89 bits per heavy atom. The third-order valence-corrected chi connectivity index (χ3v) is 5.46. The first-order chi connectivity index (χ1) is 8.60. The number of hydrogen-bond acceptors (Lipinski definition) is 2. The average Bonchev–Trinajstić information content (AvgIpc) is 2.38. The molecule has 1 N–H and O–H groups in total. The lowest BCUT2D eigenvalue weighted by Gasteiger charge is -2.60. The van der Waals surface area contributed by atoms with Crippen LogP contribution in [0.2, 0.25) is 0 Å². The van der Waals surface area contributed by atoms with E-state index in [0.29, 0.717) is 18.1 Å². The van der Waals surface area contributed by atoms with Crippen molar-refractivity contribution in [2.45, 2.75) is 38.8 Å². The van der Waals surface area contributed by atoms with Gasteiger partial charge in [-0.2, -0.15) is 0 Å². The molecule has 1 saturated heterocycles. The molecule has 98 valence electrons. The molecule has 18 heavy (non-hydrogen) atoms. The van der Waals surface area contributed by atoms with Crippen molar-refractivity contribution in [1.29, 1.82) is 0 Å². The number of hydrogen-bond donors (Lipinski definition) is 1. The number of fused-ring (bicyclic) bond motifs is 1. The summed E-state index contributed by atoms with van der Waals surface area (Å²) in [6.07, 6.45) is 2.96. The van der Waals surface area contributed by atoms with E-state index in [2.05, 4.69) is 66.0 Å². The Hall–Kier alpha value is -0.290. The van der Waals surface area contributed by atoms with Crippen LogP contribution < -0.4 is 5.32 Å². The minimum Gasteiger partial charge on any atom is -0.380 e. The third-order valence-electron chi connectivity index (χ3n) is 4.52. The molecule has 1 aromatic rings. The molecule has 0 aromatic heterocycles. The number of benzene rings is 1. The van der Waals surface area contributed by atoms with Crippen LogP contribution in [0.3, 0.4) is 0 Å². The summed E-state index contributed by atoms with van der Waals surface area (Å²) in [5, 5.41) is 3.75. The second-order valence-corrected chi connectivity index (χ2v) is 7.18. The Morgan fingerprint density at radius 2 is 2.11 bits per heavy atom. The molecule has 3 heteroatoms. The normalized spacial score (nSPS) is 33.4. The fraction of sp³-hybridized carbons (Fsp3) is 0.600. The molecular formula is C15H20INO. The fourth-order valence-electron chi connectivity index (χ4n) is 3.56. The van der Waals surface area contributed by atoms with E-state index in [4.69, 9.17) is 4.74 Å². The van der Waals surface area contributed by atoms with Crippen LogP contribution in [0.25, 0.3) is 0 Å². The molecule has 0 spiro atoms. The van der Waals surface area contributed by atoms with Gasteiger partial charge < -0.3 is 10.1 Å². The van der Waals surface area contributed by atoms with Crippen LogP contribution in [0, 0.1) is 14.9 Å². The van der Waals surface area contributed by atoms with Gasteiger partial charge >= 0.3 is 0 Å². The summed E-state index contributed by atoms with van der Waals surface area (Å²) < 4.78 is 7.25. The van der Waals surface area contributed by atoms with Gasteiger partial charge in [0.25, 0.3) is 0 Å². The number of anilines is 1. The lowest BCUT2D eigenvalue weighted by atomic mass is 9.55. The quantitative estimate of drug-likeness (QED) is 0.811. The minimum atomic E-state index is 0.240. The maximum Gasteiger partial charge on any atom is 0.0693 e. The van der Waals surface area contributed by atoms with Crippen molar-refractivity contribution >= 4 is 28.3 Å². The van der Waals surface area contributed by atoms with Crippen molar-refractivity contribution < 1.29 is 4.74 Å². The summed E-state index contributed by atoms with van der Waals surface area (Å²) in [5.74, 6) is 0.685. The average molecular weight is 357 g/mol. The van der Waals surface area contributed by atoms with E-state index in [9.17, 15) is 0 Å². The molecule has 1 aliphatic heterocycles. The number of nitrogens with one attached hydrogen (secondary N) is 1. The van der Waals surface area contributed by atoms with Crippen molar-refractivity contribution in [3.05, 3.63) is 27.8 Å². The molecule has 0 bridgehead atoms. The van der Waals surface area contributed by atoms with Gasteiger partial charge in [-0.1, -0.05) is 26.0 Å². The predicted octanol–water partition coefficient (Wildman–Crippen LogP) is 3.91. The molecule has 3 rings (SSSR count). The Labute approximate surface area is 123 Å². The Morgan fingerprint density at radius 1 is 1.33 bits per heavy atom. The van der Waals surface area contributed by atoms with Gasteiger partial charge in [0, 0.05) is 33.2 Å². The highest BCUT2D eigenvalue weighted by molar-refractivity contribution is 14.1. The van der Waals surface area contributed by atoms with E-state index in [1.165, 1.54) is 22.1 Å². The summed E-state index contributed by atoms with van der Waals surface area (Å²) in [4.78, 5) is 0. The predicted molar refractivity (Wildman–Crippen MR) is 82.8 cm³/mol. The Bertz CT molecular complexity index is 446. The van der Waals surface area contributed by atoms with Gasteiger partial charge in [0.2, 0.25) is 0 Å². The highest BCUT2D eigenvalue weighted by Crippen LogP contribution is 2.52. The molecule has 2 aliphatic rings. The summed E-state index contributed by atoms with van der Waals surface area (Å²) in [6, 6.07) is 9.06. The number of ether oxygens (including phenoxy) is 1. The van der Waals surface area contributed by atoms with Crippen molar-refractivity contribution in [2.75, 3.05) is 11.9 Å². The van der Waals surface area contributed by atoms with E-state index >= 15 is 0 Å². The molecule has 1 aliphatic carbocycles. The Balaban J connectivity index is 1.78. The molecule has 3 atom stereocenters. The van der Waals surface area contributed by atoms with Gasteiger partial charge in [-0.15, -0.1) is 0 Å². The molecule has 1 heterocycles. The summed E-state index contributed by atoms with van der Waals surface area (Å²) >= 11 is 2.40. The van der Waals surface area contributed by atoms with Gasteiger partial charge in [-0.25, -0.2) is 0 Å². The summed E-state index contributed by atoms with van der Waals surface area (Å²) in [6.45, 7) is 5.60. The summed E-state index contributed by atoms with van der Waals surface area (Å²) in [7, 11) is 0.